The van der Waals surface area contributed by atoms with Crippen LogP contribution >= 0.6 is 0 Å². The molecule has 8 nitrogen and oxygen atoms in total. The van der Waals surface area contributed by atoms with Crippen molar-refractivity contribution in [1.82, 2.24) is 30.1 Å². The molecule has 1 aliphatic heterocycles. The quantitative estimate of drug-likeness (QED) is 0.688. The number of benzene rings is 1. The summed E-state index contributed by atoms with van der Waals surface area (Å²) in [5, 5.41) is 13.4. The van der Waals surface area contributed by atoms with Crippen LogP contribution in [0, 0.1) is 12.8 Å². The molecule has 0 saturated carbocycles. The van der Waals surface area contributed by atoms with Gasteiger partial charge in [-0.05, 0) is 65.7 Å². The molecule has 0 bridgehead atoms. The number of piperidine rings is 1. The van der Waals surface area contributed by atoms with Crippen molar-refractivity contribution in [1.29, 1.82) is 0 Å². The first kappa shape index (κ1) is 19.7. The van der Waals surface area contributed by atoms with Crippen molar-refractivity contribution in [2.45, 2.75) is 39.3 Å². The topological polar surface area (TPSA) is 88.9 Å². The SMILES string of the molecule is COCCn1nnnc1C(c1cc2ccc(C)cc2[nH]c1=O)N1CCCC(C)C1. The van der Waals surface area contributed by atoms with Crippen molar-refractivity contribution in [2.24, 2.45) is 5.92 Å². The zero-order valence-electron chi connectivity index (χ0n) is 17.3. The van der Waals surface area contributed by atoms with Crippen molar-refractivity contribution in [2.75, 3.05) is 26.8 Å². The van der Waals surface area contributed by atoms with E-state index < -0.39 is 0 Å². The predicted octanol–water partition coefficient (Wildman–Crippen LogP) is 2.29. The molecule has 3 heterocycles. The van der Waals surface area contributed by atoms with Crippen LogP contribution in [-0.2, 0) is 11.3 Å². The van der Waals surface area contributed by atoms with Gasteiger partial charge in [0.05, 0.1) is 13.2 Å². The van der Waals surface area contributed by atoms with Gasteiger partial charge in [-0.15, -0.1) is 5.10 Å². The second-order valence-electron chi connectivity index (χ2n) is 8.04. The van der Waals surface area contributed by atoms with Crippen LogP contribution in [0.15, 0.2) is 29.1 Å². The van der Waals surface area contributed by atoms with Crippen molar-refractivity contribution in [3.63, 3.8) is 0 Å². The third-order valence-electron chi connectivity index (χ3n) is 5.69. The molecular weight excluding hydrogens is 368 g/mol. The second kappa shape index (κ2) is 8.42. The summed E-state index contributed by atoms with van der Waals surface area (Å²) < 4.78 is 6.97. The van der Waals surface area contributed by atoms with E-state index in [-0.39, 0.29) is 11.6 Å². The van der Waals surface area contributed by atoms with Gasteiger partial charge < -0.3 is 9.72 Å². The Kier molecular flexibility index (Phi) is 5.73. The Morgan fingerprint density at radius 3 is 3.00 bits per heavy atom. The molecule has 2 atom stereocenters. The van der Waals surface area contributed by atoms with Gasteiger partial charge in [0.1, 0.15) is 6.04 Å². The van der Waals surface area contributed by atoms with Gasteiger partial charge in [0, 0.05) is 24.7 Å². The van der Waals surface area contributed by atoms with Crippen molar-refractivity contribution >= 4 is 10.9 Å². The minimum atomic E-state index is -0.293. The van der Waals surface area contributed by atoms with Crippen LogP contribution in [0.1, 0.15) is 42.8 Å². The first-order chi connectivity index (χ1) is 14.1. The van der Waals surface area contributed by atoms with Crippen LogP contribution in [0.2, 0.25) is 0 Å². The number of ether oxygens (including phenoxy) is 1. The maximum Gasteiger partial charge on any atom is 0.253 e. The highest BCUT2D eigenvalue weighted by Crippen LogP contribution is 2.30. The highest BCUT2D eigenvalue weighted by molar-refractivity contribution is 5.79. The van der Waals surface area contributed by atoms with E-state index in [0.717, 1.165) is 36.0 Å². The van der Waals surface area contributed by atoms with Gasteiger partial charge in [-0.3, -0.25) is 9.69 Å². The summed E-state index contributed by atoms with van der Waals surface area (Å²) in [4.78, 5) is 18.6. The zero-order chi connectivity index (χ0) is 20.4. The Morgan fingerprint density at radius 2 is 2.21 bits per heavy atom. The van der Waals surface area contributed by atoms with Crippen LogP contribution in [0.25, 0.3) is 10.9 Å². The zero-order valence-corrected chi connectivity index (χ0v) is 17.3. The molecule has 8 heteroatoms. The third-order valence-corrected chi connectivity index (χ3v) is 5.69. The van der Waals surface area contributed by atoms with E-state index in [2.05, 4.69) is 38.4 Å². The summed E-state index contributed by atoms with van der Waals surface area (Å²) in [7, 11) is 1.66. The van der Waals surface area contributed by atoms with Crippen molar-refractivity contribution in [3.8, 4) is 0 Å². The normalized spacial score (nSPS) is 18.9. The lowest BCUT2D eigenvalue weighted by atomic mass is 9.95. The van der Waals surface area contributed by atoms with Gasteiger partial charge in [-0.2, -0.15) is 0 Å². The standard InChI is InChI=1S/C21H28N6O2/c1-14-6-7-16-12-17(21(28)22-18(16)11-14)19(26-8-4-5-15(2)13-26)20-23-24-25-27(20)9-10-29-3/h6-7,11-12,15,19H,4-5,8-10,13H2,1-3H3,(H,22,28). The fraction of sp³-hybridized carbons (Fsp3) is 0.524. The number of aromatic nitrogens is 5. The Bertz CT molecular complexity index is 1040. The number of methoxy groups -OCH3 is 1. The van der Waals surface area contributed by atoms with Gasteiger partial charge in [0.15, 0.2) is 5.82 Å². The molecule has 29 heavy (non-hydrogen) atoms. The highest BCUT2D eigenvalue weighted by atomic mass is 16.5. The number of fused-ring (bicyclic) bond motifs is 1. The van der Waals surface area contributed by atoms with E-state index >= 15 is 0 Å². The van der Waals surface area contributed by atoms with E-state index in [9.17, 15) is 4.79 Å². The molecule has 1 saturated heterocycles. The first-order valence-electron chi connectivity index (χ1n) is 10.2. The van der Waals surface area contributed by atoms with Crippen LogP contribution in [0.4, 0.5) is 0 Å². The van der Waals surface area contributed by atoms with Gasteiger partial charge in [0.25, 0.3) is 5.56 Å². The maximum absolute atomic E-state index is 13.1. The average molecular weight is 396 g/mol. The number of nitrogens with one attached hydrogen (secondary N) is 1. The average Bonchev–Trinajstić information content (AvgIpc) is 3.15. The summed E-state index contributed by atoms with van der Waals surface area (Å²) in [6.07, 6.45) is 2.30. The minimum Gasteiger partial charge on any atom is -0.383 e. The molecule has 1 aliphatic rings. The number of aromatic amines is 1. The summed E-state index contributed by atoms with van der Waals surface area (Å²) in [6.45, 7) is 7.15. The van der Waals surface area contributed by atoms with Crippen molar-refractivity contribution in [3.05, 3.63) is 51.6 Å². The number of pyridine rings is 1. The number of tetrazole rings is 1. The fourth-order valence-electron chi connectivity index (χ4n) is 4.24. The molecule has 1 N–H and O–H groups in total. The summed E-state index contributed by atoms with van der Waals surface area (Å²) in [6, 6.07) is 7.81. The first-order valence-corrected chi connectivity index (χ1v) is 10.2. The number of likely N-dealkylation sites (tertiary alicyclic amines) is 1. The van der Waals surface area contributed by atoms with Gasteiger partial charge in [0.2, 0.25) is 0 Å². The smallest absolute Gasteiger partial charge is 0.253 e. The number of hydrogen-bond acceptors (Lipinski definition) is 6. The van der Waals surface area contributed by atoms with Crippen LogP contribution in [-0.4, -0.2) is 56.9 Å². The number of hydrogen-bond donors (Lipinski definition) is 1. The fourth-order valence-corrected chi connectivity index (χ4v) is 4.24. The Morgan fingerprint density at radius 1 is 1.34 bits per heavy atom. The van der Waals surface area contributed by atoms with Crippen molar-refractivity contribution < 1.29 is 4.74 Å². The van der Waals surface area contributed by atoms with E-state index in [1.807, 2.05) is 25.1 Å². The predicted molar refractivity (Wildman–Crippen MR) is 111 cm³/mol. The van der Waals surface area contributed by atoms with Crippen LogP contribution < -0.4 is 5.56 Å². The van der Waals surface area contributed by atoms with Gasteiger partial charge in [-0.25, -0.2) is 4.68 Å². The molecule has 0 aliphatic carbocycles. The molecule has 0 radical (unpaired) electrons. The number of aryl methyl sites for hydroxylation is 1. The Hall–Kier alpha value is -2.58. The molecule has 1 aromatic carbocycles. The minimum absolute atomic E-state index is 0.0902. The number of nitrogens with zero attached hydrogens (tertiary/aromatic N) is 5. The highest BCUT2D eigenvalue weighted by Gasteiger charge is 2.32. The Balaban J connectivity index is 1.83. The lowest BCUT2D eigenvalue weighted by Gasteiger charge is -2.36. The molecule has 3 aromatic rings. The summed E-state index contributed by atoms with van der Waals surface area (Å²) in [5.74, 6) is 1.25. The number of rotatable bonds is 6. The molecule has 0 amide bonds. The molecular formula is C21H28N6O2. The van der Waals surface area contributed by atoms with E-state index in [4.69, 9.17) is 4.74 Å². The molecule has 1 fully saturated rings. The maximum atomic E-state index is 13.1. The molecule has 4 rings (SSSR count). The van der Waals surface area contributed by atoms with E-state index in [1.54, 1.807) is 11.8 Å². The largest absolute Gasteiger partial charge is 0.383 e. The number of H-pyrrole nitrogens is 1. The van der Waals surface area contributed by atoms with Crippen LogP contribution in [0.3, 0.4) is 0 Å². The molecule has 0 spiro atoms. The molecule has 154 valence electrons. The molecule has 2 aromatic heterocycles. The van der Waals surface area contributed by atoms with E-state index in [0.29, 0.717) is 30.5 Å². The monoisotopic (exact) mass is 396 g/mol. The summed E-state index contributed by atoms with van der Waals surface area (Å²) >= 11 is 0. The lowest BCUT2D eigenvalue weighted by molar-refractivity contribution is 0.137. The van der Waals surface area contributed by atoms with Gasteiger partial charge >= 0.3 is 0 Å². The summed E-state index contributed by atoms with van der Waals surface area (Å²) in [5.41, 5.74) is 2.56. The second-order valence-corrected chi connectivity index (χ2v) is 8.04. The van der Waals surface area contributed by atoms with Gasteiger partial charge in [-0.1, -0.05) is 19.1 Å². The Labute approximate surface area is 169 Å². The van der Waals surface area contributed by atoms with Crippen LogP contribution in [0.5, 0.6) is 0 Å². The van der Waals surface area contributed by atoms with E-state index in [1.165, 1.54) is 6.42 Å². The molecule has 2 unspecified atom stereocenters. The lowest BCUT2D eigenvalue weighted by Crippen LogP contribution is -2.41. The third kappa shape index (κ3) is 4.09.